The van der Waals surface area contributed by atoms with E-state index < -0.39 is 0 Å². The molecule has 5 nitrogen and oxygen atoms in total. The lowest BCUT2D eigenvalue weighted by Crippen LogP contribution is -2.36. The number of nitrogens with zero attached hydrogens (tertiary/aromatic N) is 1. The molecule has 2 N–H and O–H groups in total. The van der Waals surface area contributed by atoms with Gasteiger partial charge in [0.2, 0.25) is 0 Å². The van der Waals surface area contributed by atoms with E-state index in [4.69, 9.17) is 9.47 Å². The molecule has 138 valence electrons. The summed E-state index contributed by atoms with van der Waals surface area (Å²) >= 11 is 0. The molecule has 1 aliphatic carbocycles. The predicted octanol–water partition coefficient (Wildman–Crippen LogP) is 3.35. The maximum atomic E-state index is 5.97. The third-order valence-corrected chi connectivity index (χ3v) is 4.43. The number of nitrogens with one attached hydrogen (secondary N) is 2. The molecule has 0 bridgehead atoms. The maximum Gasteiger partial charge on any atom is 0.191 e. The van der Waals surface area contributed by atoms with Gasteiger partial charge in [0.25, 0.3) is 0 Å². The molecule has 0 spiro atoms. The Morgan fingerprint density at radius 1 is 1.04 bits per heavy atom. The van der Waals surface area contributed by atoms with E-state index in [1.165, 1.54) is 18.4 Å². The molecule has 0 unspecified atom stereocenters. The van der Waals surface area contributed by atoms with Crippen molar-refractivity contribution in [3.05, 3.63) is 59.7 Å². The number of methoxy groups -OCH3 is 1. The normalized spacial score (nSPS) is 14.0. The van der Waals surface area contributed by atoms with E-state index in [2.05, 4.69) is 21.7 Å². The minimum atomic E-state index is 0.670. The lowest BCUT2D eigenvalue weighted by molar-refractivity contribution is 0.296. The summed E-state index contributed by atoms with van der Waals surface area (Å²) < 4.78 is 11.2. The Labute approximate surface area is 155 Å². The fraction of sp³-hybridized carbons (Fsp3) is 0.381. The molecule has 0 aliphatic heterocycles. The monoisotopic (exact) mass is 353 g/mol. The first-order valence-electron chi connectivity index (χ1n) is 9.06. The van der Waals surface area contributed by atoms with Gasteiger partial charge in [-0.1, -0.05) is 30.3 Å². The van der Waals surface area contributed by atoms with Crippen LogP contribution < -0.4 is 20.1 Å². The third kappa shape index (κ3) is 5.41. The fourth-order valence-electron chi connectivity index (χ4n) is 2.61. The van der Waals surface area contributed by atoms with Crippen molar-refractivity contribution < 1.29 is 9.47 Å². The Morgan fingerprint density at radius 2 is 1.77 bits per heavy atom. The third-order valence-electron chi connectivity index (χ3n) is 4.43. The Kier molecular flexibility index (Phi) is 6.36. The molecular formula is C21H27N3O2. The van der Waals surface area contributed by atoms with Gasteiger partial charge in [0.05, 0.1) is 13.7 Å². The van der Waals surface area contributed by atoms with Crippen molar-refractivity contribution in [3.63, 3.8) is 0 Å². The molecule has 26 heavy (non-hydrogen) atoms. The Morgan fingerprint density at radius 3 is 2.46 bits per heavy atom. The van der Waals surface area contributed by atoms with Crippen LogP contribution in [0.3, 0.4) is 0 Å². The van der Waals surface area contributed by atoms with E-state index in [1.807, 2.05) is 42.5 Å². The molecule has 5 heteroatoms. The van der Waals surface area contributed by atoms with Gasteiger partial charge >= 0.3 is 0 Å². The molecule has 0 heterocycles. The highest BCUT2D eigenvalue weighted by Gasteiger charge is 2.22. The second kappa shape index (κ2) is 9.13. The topological polar surface area (TPSA) is 54.9 Å². The van der Waals surface area contributed by atoms with E-state index in [0.29, 0.717) is 13.1 Å². The number of rotatable bonds is 8. The largest absolute Gasteiger partial charge is 0.497 e. The molecule has 0 aromatic heterocycles. The minimum absolute atomic E-state index is 0.670. The van der Waals surface area contributed by atoms with Gasteiger partial charge in [0.1, 0.15) is 11.5 Å². The van der Waals surface area contributed by atoms with E-state index in [1.54, 1.807) is 14.2 Å². The van der Waals surface area contributed by atoms with Gasteiger partial charge in [-0.25, -0.2) is 0 Å². The highest BCUT2D eigenvalue weighted by atomic mass is 16.5. The van der Waals surface area contributed by atoms with E-state index in [9.17, 15) is 0 Å². The van der Waals surface area contributed by atoms with Gasteiger partial charge in [-0.3, -0.25) is 4.99 Å². The molecule has 1 aliphatic rings. The summed E-state index contributed by atoms with van der Waals surface area (Å²) in [5.41, 5.74) is 2.31. The van der Waals surface area contributed by atoms with Gasteiger partial charge in [0, 0.05) is 25.7 Å². The van der Waals surface area contributed by atoms with Crippen molar-refractivity contribution in [2.75, 3.05) is 20.8 Å². The number of hydrogen-bond acceptors (Lipinski definition) is 3. The molecular weight excluding hydrogens is 326 g/mol. The van der Waals surface area contributed by atoms with Crippen molar-refractivity contribution in [2.45, 2.75) is 25.9 Å². The summed E-state index contributed by atoms with van der Waals surface area (Å²) in [6, 6.07) is 16.2. The molecule has 1 fully saturated rings. The molecule has 0 radical (unpaired) electrons. The van der Waals surface area contributed by atoms with Crippen molar-refractivity contribution in [3.8, 4) is 11.5 Å². The smallest absolute Gasteiger partial charge is 0.191 e. The Bertz CT molecular complexity index is 724. The van der Waals surface area contributed by atoms with Crippen LogP contribution in [-0.2, 0) is 13.1 Å². The predicted molar refractivity (Wildman–Crippen MR) is 105 cm³/mol. The van der Waals surface area contributed by atoms with Gasteiger partial charge in [-0.2, -0.15) is 0 Å². The lowest BCUT2D eigenvalue weighted by atomic mass is 10.2. The average Bonchev–Trinajstić information content (AvgIpc) is 3.52. The van der Waals surface area contributed by atoms with Crippen LogP contribution in [0.25, 0.3) is 0 Å². The first-order chi connectivity index (χ1) is 12.8. The molecule has 0 saturated heterocycles. The first kappa shape index (κ1) is 18.1. The zero-order valence-electron chi connectivity index (χ0n) is 15.5. The van der Waals surface area contributed by atoms with Gasteiger partial charge in [0.15, 0.2) is 5.96 Å². The van der Waals surface area contributed by atoms with Crippen LogP contribution in [0.4, 0.5) is 0 Å². The standard InChI is InChI=1S/C21H27N3O2/c1-22-21(23-13-16-9-11-19(25-2)12-10-16)24-14-18-5-3-4-6-20(18)26-15-17-7-8-17/h3-6,9-12,17H,7-8,13-15H2,1-2H3,(H2,22,23,24). The minimum Gasteiger partial charge on any atom is -0.497 e. The van der Waals surface area contributed by atoms with Crippen LogP contribution in [0.2, 0.25) is 0 Å². The maximum absolute atomic E-state index is 5.97. The molecule has 2 aromatic carbocycles. The quantitative estimate of drug-likeness (QED) is 0.564. The summed E-state index contributed by atoms with van der Waals surface area (Å²) in [5, 5.41) is 6.69. The van der Waals surface area contributed by atoms with E-state index >= 15 is 0 Å². The number of para-hydroxylation sites is 1. The van der Waals surface area contributed by atoms with Crippen LogP contribution >= 0.6 is 0 Å². The summed E-state index contributed by atoms with van der Waals surface area (Å²) in [7, 11) is 3.45. The van der Waals surface area contributed by atoms with Gasteiger partial charge in [-0.15, -0.1) is 0 Å². The summed E-state index contributed by atoms with van der Waals surface area (Å²) in [6.07, 6.45) is 2.59. The lowest BCUT2D eigenvalue weighted by Gasteiger charge is -2.15. The molecule has 0 amide bonds. The first-order valence-corrected chi connectivity index (χ1v) is 9.06. The highest BCUT2D eigenvalue weighted by molar-refractivity contribution is 5.79. The van der Waals surface area contributed by atoms with Crippen molar-refractivity contribution >= 4 is 5.96 Å². The summed E-state index contributed by atoms with van der Waals surface area (Å²) in [6.45, 7) is 2.19. The molecule has 0 atom stereocenters. The fourth-order valence-corrected chi connectivity index (χ4v) is 2.61. The summed E-state index contributed by atoms with van der Waals surface area (Å²) in [5.74, 6) is 3.32. The number of ether oxygens (including phenoxy) is 2. The second-order valence-electron chi connectivity index (χ2n) is 6.49. The molecule has 1 saturated carbocycles. The van der Waals surface area contributed by atoms with Gasteiger partial charge < -0.3 is 20.1 Å². The SMILES string of the molecule is CN=C(NCc1ccc(OC)cc1)NCc1ccccc1OCC1CC1. The number of benzene rings is 2. The number of guanidine groups is 1. The zero-order valence-corrected chi connectivity index (χ0v) is 15.5. The second-order valence-corrected chi connectivity index (χ2v) is 6.49. The van der Waals surface area contributed by atoms with Crippen LogP contribution in [0, 0.1) is 5.92 Å². The van der Waals surface area contributed by atoms with Crippen molar-refractivity contribution in [1.29, 1.82) is 0 Å². The van der Waals surface area contributed by atoms with Crippen molar-refractivity contribution in [2.24, 2.45) is 10.9 Å². The van der Waals surface area contributed by atoms with E-state index in [0.717, 1.165) is 35.5 Å². The summed E-state index contributed by atoms with van der Waals surface area (Å²) in [4.78, 5) is 4.29. The number of aliphatic imine (C=N–C) groups is 1. The Balaban J connectivity index is 1.50. The molecule has 3 rings (SSSR count). The van der Waals surface area contributed by atoms with E-state index in [-0.39, 0.29) is 0 Å². The van der Waals surface area contributed by atoms with Gasteiger partial charge in [-0.05, 0) is 42.5 Å². The highest BCUT2D eigenvalue weighted by Crippen LogP contribution is 2.30. The van der Waals surface area contributed by atoms with Crippen molar-refractivity contribution in [1.82, 2.24) is 10.6 Å². The average molecular weight is 353 g/mol. The Hall–Kier alpha value is -2.69. The van der Waals surface area contributed by atoms with Crippen LogP contribution in [0.5, 0.6) is 11.5 Å². The molecule has 2 aromatic rings. The van der Waals surface area contributed by atoms with Crippen LogP contribution in [0.15, 0.2) is 53.5 Å². The van der Waals surface area contributed by atoms with Crippen LogP contribution in [0.1, 0.15) is 24.0 Å². The zero-order chi connectivity index (χ0) is 18.2. The van der Waals surface area contributed by atoms with Crippen LogP contribution in [-0.4, -0.2) is 26.7 Å². The number of hydrogen-bond donors (Lipinski definition) is 2.